The number of nitrogens with one attached hydrogen (secondary N) is 1. The van der Waals surface area contributed by atoms with Crippen LogP contribution in [0, 0.1) is 0 Å². The third-order valence-electron chi connectivity index (χ3n) is 3.96. The van der Waals surface area contributed by atoms with Crippen molar-refractivity contribution >= 4 is 16.5 Å². The van der Waals surface area contributed by atoms with Crippen LogP contribution in [0.25, 0.3) is 0 Å². The van der Waals surface area contributed by atoms with Gasteiger partial charge >= 0.3 is 0 Å². The van der Waals surface area contributed by atoms with Crippen LogP contribution in [0.3, 0.4) is 0 Å². The fraction of sp³-hybridized carbons (Fsp3) is 0.786. The van der Waals surface area contributed by atoms with Gasteiger partial charge < -0.3 is 10.2 Å². The van der Waals surface area contributed by atoms with E-state index in [1.807, 2.05) is 11.3 Å². The van der Waals surface area contributed by atoms with E-state index in [0.717, 1.165) is 6.42 Å². The number of aryl methyl sites for hydroxylation is 1. The molecule has 0 aliphatic heterocycles. The number of anilines is 1. The Hall–Kier alpha value is -0.610. The van der Waals surface area contributed by atoms with Crippen LogP contribution < -0.4 is 10.2 Å². The predicted molar refractivity (Wildman–Crippen MR) is 79.6 cm³/mol. The zero-order chi connectivity index (χ0) is 13.1. The van der Waals surface area contributed by atoms with Gasteiger partial charge in [-0.05, 0) is 39.7 Å². The first kappa shape index (κ1) is 13.8. The van der Waals surface area contributed by atoms with E-state index in [1.165, 1.54) is 41.4 Å². The maximum atomic E-state index is 4.86. The lowest BCUT2D eigenvalue weighted by Gasteiger charge is -2.23. The van der Waals surface area contributed by atoms with E-state index in [-0.39, 0.29) is 0 Å². The molecule has 0 saturated carbocycles. The van der Waals surface area contributed by atoms with Crippen LogP contribution in [0.1, 0.15) is 56.1 Å². The Balaban J connectivity index is 2.18. The van der Waals surface area contributed by atoms with Gasteiger partial charge in [-0.3, -0.25) is 0 Å². The highest BCUT2D eigenvalue weighted by atomic mass is 32.1. The van der Waals surface area contributed by atoms with Crippen LogP contribution in [-0.4, -0.2) is 25.1 Å². The van der Waals surface area contributed by atoms with E-state index in [9.17, 15) is 0 Å². The summed E-state index contributed by atoms with van der Waals surface area (Å²) in [6.07, 6.45) is 6.13. The molecule has 3 nitrogen and oxygen atoms in total. The highest BCUT2D eigenvalue weighted by Crippen LogP contribution is 2.37. The Morgan fingerprint density at radius 1 is 1.56 bits per heavy atom. The summed E-state index contributed by atoms with van der Waals surface area (Å²) in [6.45, 7) is 4.54. The van der Waals surface area contributed by atoms with Gasteiger partial charge in [-0.15, -0.1) is 0 Å². The Morgan fingerprint density at radius 2 is 2.33 bits per heavy atom. The van der Waals surface area contributed by atoms with Crippen molar-refractivity contribution < 1.29 is 0 Å². The molecule has 0 amide bonds. The molecule has 0 bridgehead atoms. The molecule has 2 atom stereocenters. The number of aromatic nitrogens is 1. The second-order valence-electron chi connectivity index (χ2n) is 5.29. The minimum absolute atomic E-state index is 0.523. The predicted octanol–water partition coefficient (Wildman–Crippen LogP) is 3.36. The topological polar surface area (TPSA) is 28.2 Å². The van der Waals surface area contributed by atoms with E-state index >= 15 is 0 Å². The smallest absolute Gasteiger partial charge is 0.185 e. The fourth-order valence-corrected chi connectivity index (χ4v) is 3.95. The molecule has 1 aliphatic carbocycles. The molecular weight excluding hydrogens is 242 g/mol. The van der Waals surface area contributed by atoms with E-state index in [0.29, 0.717) is 12.1 Å². The summed E-state index contributed by atoms with van der Waals surface area (Å²) in [6, 6.07) is 1.10. The van der Waals surface area contributed by atoms with E-state index in [4.69, 9.17) is 4.98 Å². The number of thiazole rings is 1. The number of fused-ring (bicyclic) bond motifs is 1. The maximum absolute atomic E-state index is 4.86. The SMILES string of the molecule is CCCC(C)N(C)c1nc2c(s1)C(NC)CCC2. The molecule has 4 heteroatoms. The fourth-order valence-electron chi connectivity index (χ4n) is 2.63. The molecule has 0 saturated heterocycles. The second-order valence-corrected chi connectivity index (χ2v) is 6.30. The van der Waals surface area contributed by atoms with Crippen molar-refractivity contribution in [3.05, 3.63) is 10.6 Å². The van der Waals surface area contributed by atoms with Crippen LogP contribution in [0.15, 0.2) is 0 Å². The summed E-state index contributed by atoms with van der Waals surface area (Å²) < 4.78 is 0. The molecule has 18 heavy (non-hydrogen) atoms. The lowest BCUT2D eigenvalue weighted by molar-refractivity contribution is 0.501. The molecule has 1 aliphatic rings. The zero-order valence-corrected chi connectivity index (χ0v) is 12.8. The Kier molecular flexibility index (Phi) is 4.62. The highest BCUT2D eigenvalue weighted by molar-refractivity contribution is 7.15. The van der Waals surface area contributed by atoms with E-state index in [1.54, 1.807) is 0 Å². The lowest BCUT2D eigenvalue weighted by atomic mass is 9.98. The third kappa shape index (κ3) is 2.69. The summed E-state index contributed by atoms with van der Waals surface area (Å²) in [5, 5.41) is 4.62. The average molecular weight is 267 g/mol. The van der Waals surface area contributed by atoms with Gasteiger partial charge in [0.05, 0.1) is 5.69 Å². The van der Waals surface area contributed by atoms with Crippen LogP contribution >= 0.6 is 11.3 Å². The number of hydrogen-bond donors (Lipinski definition) is 1. The largest absolute Gasteiger partial charge is 0.348 e. The van der Waals surface area contributed by atoms with Crippen molar-refractivity contribution in [2.24, 2.45) is 0 Å². The molecule has 0 fully saturated rings. The number of hydrogen-bond acceptors (Lipinski definition) is 4. The first-order valence-electron chi connectivity index (χ1n) is 7.07. The van der Waals surface area contributed by atoms with Crippen LogP contribution in [-0.2, 0) is 6.42 Å². The molecule has 1 aromatic rings. The third-order valence-corrected chi connectivity index (χ3v) is 5.26. The van der Waals surface area contributed by atoms with Gasteiger partial charge in [-0.1, -0.05) is 24.7 Å². The molecule has 0 spiro atoms. The van der Waals surface area contributed by atoms with Crippen molar-refractivity contribution in [2.45, 2.75) is 58.0 Å². The first-order valence-corrected chi connectivity index (χ1v) is 7.88. The van der Waals surface area contributed by atoms with E-state index < -0.39 is 0 Å². The van der Waals surface area contributed by atoms with Crippen molar-refractivity contribution in [2.75, 3.05) is 19.0 Å². The van der Waals surface area contributed by atoms with Gasteiger partial charge in [0.25, 0.3) is 0 Å². The molecule has 2 rings (SSSR count). The molecule has 0 aromatic carbocycles. The Bertz CT molecular complexity index is 388. The quantitative estimate of drug-likeness (QED) is 0.886. The van der Waals surface area contributed by atoms with Crippen molar-refractivity contribution in [3.8, 4) is 0 Å². The minimum Gasteiger partial charge on any atom is -0.348 e. The number of nitrogens with zero attached hydrogens (tertiary/aromatic N) is 2. The summed E-state index contributed by atoms with van der Waals surface area (Å²) >= 11 is 1.88. The van der Waals surface area contributed by atoms with Gasteiger partial charge in [-0.25, -0.2) is 4.98 Å². The van der Waals surface area contributed by atoms with Crippen LogP contribution in [0.4, 0.5) is 5.13 Å². The standard InChI is InChI=1S/C14H25N3S/c1-5-7-10(2)17(4)14-16-12-9-6-8-11(15-3)13(12)18-14/h10-11,15H,5-9H2,1-4H3. The summed E-state index contributed by atoms with van der Waals surface area (Å²) in [7, 11) is 4.24. The van der Waals surface area contributed by atoms with Gasteiger partial charge in [0.2, 0.25) is 0 Å². The van der Waals surface area contributed by atoms with Crippen LogP contribution in [0.5, 0.6) is 0 Å². The van der Waals surface area contributed by atoms with E-state index in [2.05, 4.69) is 38.2 Å². The second kappa shape index (κ2) is 6.02. The highest BCUT2D eigenvalue weighted by Gasteiger charge is 2.25. The molecule has 1 N–H and O–H groups in total. The molecule has 1 heterocycles. The zero-order valence-electron chi connectivity index (χ0n) is 12.0. The Labute approximate surface area is 115 Å². The van der Waals surface area contributed by atoms with Gasteiger partial charge in [0.15, 0.2) is 5.13 Å². The maximum Gasteiger partial charge on any atom is 0.185 e. The van der Waals surface area contributed by atoms with Crippen LogP contribution in [0.2, 0.25) is 0 Å². The average Bonchev–Trinajstić information content (AvgIpc) is 2.81. The molecular formula is C14H25N3S. The van der Waals surface area contributed by atoms with Crippen molar-refractivity contribution in [1.29, 1.82) is 0 Å². The molecule has 102 valence electrons. The Morgan fingerprint density at radius 3 is 3.00 bits per heavy atom. The van der Waals surface area contributed by atoms with Crippen molar-refractivity contribution in [1.82, 2.24) is 10.3 Å². The lowest BCUT2D eigenvalue weighted by Crippen LogP contribution is -2.28. The molecule has 2 unspecified atom stereocenters. The molecule has 1 aromatic heterocycles. The first-order chi connectivity index (χ1) is 8.67. The minimum atomic E-state index is 0.523. The van der Waals surface area contributed by atoms with Gasteiger partial charge in [-0.2, -0.15) is 0 Å². The van der Waals surface area contributed by atoms with Gasteiger partial charge in [0.1, 0.15) is 0 Å². The molecule has 0 radical (unpaired) electrons. The normalized spacial score (nSPS) is 20.6. The van der Waals surface area contributed by atoms with Crippen molar-refractivity contribution in [3.63, 3.8) is 0 Å². The summed E-state index contributed by atoms with van der Waals surface area (Å²) in [4.78, 5) is 8.67. The number of rotatable bonds is 5. The summed E-state index contributed by atoms with van der Waals surface area (Å²) in [5.41, 5.74) is 1.33. The summed E-state index contributed by atoms with van der Waals surface area (Å²) in [5.74, 6) is 0. The van der Waals surface area contributed by atoms with Gasteiger partial charge in [0, 0.05) is 24.0 Å². The monoisotopic (exact) mass is 267 g/mol.